The summed E-state index contributed by atoms with van der Waals surface area (Å²) in [5.74, 6) is 0.366. The highest BCUT2D eigenvalue weighted by atomic mass is 16.6. The Bertz CT molecular complexity index is 326. The molecule has 19 heavy (non-hydrogen) atoms. The molecule has 5 heteroatoms. The summed E-state index contributed by atoms with van der Waals surface area (Å²) in [6.45, 7) is 7.50. The summed E-state index contributed by atoms with van der Waals surface area (Å²) in [6, 6.07) is 0.0507. The van der Waals surface area contributed by atoms with E-state index >= 15 is 0 Å². The van der Waals surface area contributed by atoms with Gasteiger partial charge >= 0.3 is 6.09 Å². The van der Waals surface area contributed by atoms with Gasteiger partial charge in [-0.1, -0.05) is 0 Å². The van der Waals surface area contributed by atoms with E-state index in [1.165, 1.54) is 0 Å². The van der Waals surface area contributed by atoms with E-state index in [-0.39, 0.29) is 12.1 Å². The Morgan fingerprint density at radius 1 is 1.32 bits per heavy atom. The van der Waals surface area contributed by atoms with Crippen LogP contribution in [0.5, 0.6) is 0 Å². The number of hydrogen-bond donors (Lipinski definition) is 3. The molecule has 0 spiro atoms. The topological polar surface area (TPSA) is 70.6 Å². The zero-order valence-corrected chi connectivity index (χ0v) is 12.2. The lowest BCUT2D eigenvalue weighted by atomic mass is 9.65. The van der Waals surface area contributed by atoms with Gasteiger partial charge in [0.15, 0.2) is 0 Å². The molecule has 1 aliphatic heterocycles. The zero-order valence-electron chi connectivity index (χ0n) is 12.2. The third-order valence-electron chi connectivity index (χ3n) is 4.02. The number of carbonyl (C=O) groups excluding carboxylic acids is 1. The molecule has 0 atom stereocenters. The molecule has 110 valence electrons. The van der Waals surface area contributed by atoms with Crippen molar-refractivity contribution in [1.29, 1.82) is 0 Å². The molecule has 2 fully saturated rings. The summed E-state index contributed by atoms with van der Waals surface area (Å²) in [4.78, 5) is 11.6. The maximum absolute atomic E-state index is 11.6. The number of hydrogen-bond acceptors (Lipinski definition) is 4. The highest BCUT2D eigenvalue weighted by Crippen LogP contribution is 2.42. The fourth-order valence-electron chi connectivity index (χ4n) is 3.06. The second-order valence-corrected chi connectivity index (χ2v) is 6.88. The van der Waals surface area contributed by atoms with Crippen molar-refractivity contribution < 1.29 is 14.6 Å². The number of piperidine rings is 1. The van der Waals surface area contributed by atoms with Crippen molar-refractivity contribution >= 4 is 6.09 Å². The molecule has 1 heterocycles. The lowest BCUT2D eigenvalue weighted by Crippen LogP contribution is -2.60. The van der Waals surface area contributed by atoms with Crippen molar-refractivity contribution in [2.75, 3.05) is 13.1 Å². The molecule has 1 aliphatic carbocycles. The number of nitrogens with one attached hydrogen (secondary N) is 2. The molecule has 1 saturated carbocycles. The van der Waals surface area contributed by atoms with Gasteiger partial charge in [-0.05, 0) is 65.5 Å². The predicted molar refractivity (Wildman–Crippen MR) is 72.9 cm³/mol. The first kappa shape index (κ1) is 14.6. The van der Waals surface area contributed by atoms with Gasteiger partial charge in [0.2, 0.25) is 0 Å². The number of aliphatic hydroxyl groups is 1. The Morgan fingerprint density at radius 2 is 1.89 bits per heavy atom. The standard InChI is InChI=1S/C14H26N2O3/c1-13(2,3)19-12(17)16-11-8-14(18,9-11)10-4-6-15-7-5-10/h10-11,15,18H,4-9H2,1-3H3,(H,16,17). The Balaban J connectivity index is 1.74. The summed E-state index contributed by atoms with van der Waals surface area (Å²) in [5, 5.41) is 16.7. The lowest BCUT2D eigenvalue weighted by Gasteiger charge is -2.49. The lowest BCUT2D eigenvalue weighted by molar-refractivity contribution is -0.109. The predicted octanol–water partition coefficient (Wildman–Crippen LogP) is 1.40. The summed E-state index contributed by atoms with van der Waals surface area (Å²) in [6.07, 6.45) is 2.96. The van der Waals surface area contributed by atoms with E-state index in [0.29, 0.717) is 18.8 Å². The maximum Gasteiger partial charge on any atom is 0.407 e. The fraction of sp³-hybridized carbons (Fsp3) is 0.929. The average molecular weight is 270 g/mol. The van der Waals surface area contributed by atoms with Crippen molar-refractivity contribution in [2.45, 2.75) is 63.7 Å². The van der Waals surface area contributed by atoms with Crippen LogP contribution in [0.4, 0.5) is 4.79 Å². The molecule has 0 aromatic carbocycles. The van der Waals surface area contributed by atoms with Crippen LogP contribution in [0.2, 0.25) is 0 Å². The van der Waals surface area contributed by atoms with E-state index < -0.39 is 11.2 Å². The van der Waals surface area contributed by atoms with Gasteiger partial charge in [-0.2, -0.15) is 0 Å². The number of ether oxygens (including phenoxy) is 1. The van der Waals surface area contributed by atoms with Crippen LogP contribution in [0.1, 0.15) is 46.5 Å². The SMILES string of the molecule is CC(C)(C)OC(=O)NC1CC(O)(C2CCNCC2)C1. The fourth-order valence-corrected chi connectivity index (χ4v) is 3.06. The van der Waals surface area contributed by atoms with E-state index in [2.05, 4.69) is 10.6 Å². The van der Waals surface area contributed by atoms with Crippen molar-refractivity contribution in [2.24, 2.45) is 5.92 Å². The second-order valence-electron chi connectivity index (χ2n) is 6.88. The van der Waals surface area contributed by atoms with Gasteiger partial charge in [0.05, 0.1) is 5.60 Å². The first-order valence-electron chi connectivity index (χ1n) is 7.21. The quantitative estimate of drug-likeness (QED) is 0.709. The summed E-state index contributed by atoms with van der Waals surface area (Å²) in [5.41, 5.74) is -1.05. The normalized spacial score (nSPS) is 32.5. The van der Waals surface area contributed by atoms with Gasteiger partial charge in [0.25, 0.3) is 0 Å². The van der Waals surface area contributed by atoms with Gasteiger partial charge in [0, 0.05) is 6.04 Å². The van der Waals surface area contributed by atoms with E-state index in [4.69, 9.17) is 4.74 Å². The van der Waals surface area contributed by atoms with E-state index in [1.807, 2.05) is 20.8 Å². The van der Waals surface area contributed by atoms with Gasteiger partial charge < -0.3 is 20.5 Å². The molecule has 0 unspecified atom stereocenters. The molecule has 1 saturated heterocycles. The highest BCUT2D eigenvalue weighted by Gasteiger charge is 2.48. The number of rotatable bonds is 2. The zero-order chi connectivity index (χ0) is 14.1. The second kappa shape index (κ2) is 5.29. The van der Waals surface area contributed by atoms with Gasteiger partial charge in [0.1, 0.15) is 5.60 Å². The monoisotopic (exact) mass is 270 g/mol. The minimum atomic E-state index is -0.582. The number of carbonyl (C=O) groups is 1. The molecular weight excluding hydrogens is 244 g/mol. The van der Waals surface area contributed by atoms with Crippen molar-refractivity contribution in [3.8, 4) is 0 Å². The first-order chi connectivity index (χ1) is 8.78. The van der Waals surface area contributed by atoms with Crippen LogP contribution in [0.25, 0.3) is 0 Å². The van der Waals surface area contributed by atoms with Crippen LogP contribution < -0.4 is 10.6 Å². The Morgan fingerprint density at radius 3 is 2.42 bits per heavy atom. The third kappa shape index (κ3) is 3.83. The van der Waals surface area contributed by atoms with Crippen LogP contribution in [-0.2, 0) is 4.74 Å². The van der Waals surface area contributed by atoms with E-state index in [9.17, 15) is 9.90 Å². The molecular formula is C14H26N2O3. The van der Waals surface area contributed by atoms with Crippen LogP contribution in [0.15, 0.2) is 0 Å². The minimum Gasteiger partial charge on any atom is -0.444 e. The average Bonchev–Trinajstić information content (AvgIpc) is 2.25. The van der Waals surface area contributed by atoms with Crippen LogP contribution in [0.3, 0.4) is 0 Å². The van der Waals surface area contributed by atoms with Crippen LogP contribution >= 0.6 is 0 Å². The number of amides is 1. The summed E-state index contributed by atoms with van der Waals surface area (Å²) < 4.78 is 5.22. The smallest absolute Gasteiger partial charge is 0.407 e. The molecule has 5 nitrogen and oxygen atoms in total. The van der Waals surface area contributed by atoms with Gasteiger partial charge in [-0.25, -0.2) is 4.79 Å². The molecule has 0 aromatic rings. The molecule has 2 rings (SSSR count). The number of alkyl carbamates (subject to hydrolysis) is 1. The highest BCUT2D eigenvalue weighted by molar-refractivity contribution is 5.68. The third-order valence-corrected chi connectivity index (χ3v) is 4.02. The molecule has 2 aliphatic rings. The van der Waals surface area contributed by atoms with E-state index in [0.717, 1.165) is 25.9 Å². The Hall–Kier alpha value is -0.810. The van der Waals surface area contributed by atoms with Crippen LogP contribution in [0, 0.1) is 5.92 Å². The van der Waals surface area contributed by atoms with Crippen LogP contribution in [-0.4, -0.2) is 41.5 Å². The summed E-state index contributed by atoms with van der Waals surface area (Å²) in [7, 11) is 0. The first-order valence-corrected chi connectivity index (χ1v) is 7.21. The molecule has 0 radical (unpaired) electrons. The van der Waals surface area contributed by atoms with E-state index in [1.54, 1.807) is 0 Å². The molecule has 3 N–H and O–H groups in total. The largest absolute Gasteiger partial charge is 0.444 e. The van der Waals surface area contributed by atoms with Crippen molar-refractivity contribution in [3.05, 3.63) is 0 Å². The van der Waals surface area contributed by atoms with Crippen molar-refractivity contribution in [1.82, 2.24) is 10.6 Å². The molecule has 0 bridgehead atoms. The maximum atomic E-state index is 11.6. The minimum absolute atomic E-state index is 0.0507. The molecule has 0 aromatic heterocycles. The molecule has 1 amide bonds. The summed E-state index contributed by atoms with van der Waals surface area (Å²) >= 11 is 0. The Labute approximate surface area is 115 Å². The van der Waals surface area contributed by atoms with Crippen molar-refractivity contribution in [3.63, 3.8) is 0 Å². The van der Waals surface area contributed by atoms with Gasteiger partial charge in [-0.15, -0.1) is 0 Å². The Kier molecular flexibility index (Phi) is 4.06. The van der Waals surface area contributed by atoms with Gasteiger partial charge in [-0.3, -0.25) is 0 Å².